The summed E-state index contributed by atoms with van der Waals surface area (Å²) in [5.74, 6) is 0.859. The number of hydrogen-bond donors (Lipinski definition) is 0. The fourth-order valence-corrected chi connectivity index (χ4v) is 1.98. The summed E-state index contributed by atoms with van der Waals surface area (Å²) in [6.07, 6.45) is 8.45. The van der Waals surface area contributed by atoms with Crippen LogP contribution in [-0.4, -0.2) is 5.78 Å². The van der Waals surface area contributed by atoms with Crippen molar-refractivity contribution in [2.75, 3.05) is 0 Å². The van der Waals surface area contributed by atoms with E-state index in [4.69, 9.17) is 0 Å². The van der Waals surface area contributed by atoms with E-state index in [1.807, 2.05) is 25.1 Å². The number of allylic oxidation sites excluding steroid dienone is 2. The van der Waals surface area contributed by atoms with Gasteiger partial charge >= 0.3 is 0 Å². The minimum Gasteiger partial charge on any atom is -0.289 e. The topological polar surface area (TPSA) is 17.1 Å². The molecule has 0 aromatic heterocycles. The number of benzene rings is 1. The summed E-state index contributed by atoms with van der Waals surface area (Å²) in [6.45, 7) is 2.03. The number of hydrogen-bond acceptors (Lipinski definition) is 1. The number of ketones is 1. The van der Waals surface area contributed by atoms with Gasteiger partial charge < -0.3 is 0 Å². The van der Waals surface area contributed by atoms with Gasteiger partial charge in [0.15, 0.2) is 5.78 Å². The van der Waals surface area contributed by atoms with Gasteiger partial charge in [-0.15, -0.1) is 0 Å². The van der Waals surface area contributed by atoms with E-state index in [0.717, 1.165) is 17.9 Å². The second-order valence-corrected chi connectivity index (χ2v) is 4.42. The lowest BCUT2D eigenvalue weighted by atomic mass is 9.80. The highest BCUT2D eigenvalue weighted by Gasteiger charge is 2.19. The van der Waals surface area contributed by atoms with Crippen molar-refractivity contribution >= 4 is 5.78 Å². The van der Waals surface area contributed by atoms with Gasteiger partial charge in [0, 0.05) is 5.56 Å². The lowest BCUT2D eigenvalue weighted by Crippen LogP contribution is -2.08. The van der Waals surface area contributed by atoms with Crippen molar-refractivity contribution in [1.82, 2.24) is 0 Å². The zero-order valence-electron chi connectivity index (χ0n) is 9.78. The lowest BCUT2D eigenvalue weighted by molar-refractivity contribution is 0.104. The average Bonchev–Trinajstić information content (AvgIpc) is 2.24. The Morgan fingerprint density at radius 3 is 2.50 bits per heavy atom. The van der Waals surface area contributed by atoms with E-state index < -0.39 is 0 Å². The maximum Gasteiger partial charge on any atom is 0.185 e. The van der Waals surface area contributed by atoms with Crippen molar-refractivity contribution in [3.63, 3.8) is 0 Å². The summed E-state index contributed by atoms with van der Waals surface area (Å²) in [4.78, 5) is 11.7. The molecule has 0 atom stereocenters. The third kappa shape index (κ3) is 2.41. The molecule has 0 spiro atoms. The Morgan fingerprint density at radius 1 is 1.31 bits per heavy atom. The molecule has 84 valence electrons. The van der Waals surface area contributed by atoms with Crippen LogP contribution in [0.4, 0.5) is 0 Å². The van der Waals surface area contributed by atoms with E-state index >= 15 is 0 Å². The number of carbonyl (C=O) groups excluding carboxylic acids is 1. The van der Waals surface area contributed by atoms with Crippen LogP contribution >= 0.6 is 0 Å². The lowest BCUT2D eigenvalue weighted by Gasteiger charge is -2.25. The molecule has 0 N–H and O–H groups in total. The minimum atomic E-state index is 0.113. The van der Waals surface area contributed by atoms with Crippen LogP contribution in [0.5, 0.6) is 0 Å². The molecule has 1 saturated carbocycles. The Hall–Kier alpha value is -1.37. The smallest absolute Gasteiger partial charge is 0.185 e. The molecule has 1 nitrogen and oxygen atoms in total. The van der Waals surface area contributed by atoms with Crippen molar-refractivity contribution < 1.29 is 4.79 Å². The van der Waals surface area contributed by atoms with Crippen LogP contribution in [0.3, 0.4) is 0 Å². The first kappa shape index (κ1) is 11.1. The van der Waals surface area contributed by atoms with Crippen LogP contribution in [0.25, 0.3) is 0 Å². The molecule has 1 fully saturated rings. The molecule has 0 aliphatic heterocycles. The first-order chi connectivity index (χ1) is 7.81. The van der Waals surface area contributed by atoms with E-state index in [2.05, 4.69) is 12.1 Å². The third-order valence-electron chi connectivity index (χ3n) is 3.28. The fourth-order valence-electron chi connectivity index (χ4n) is 1.98. The van der Waals surface area contributed by atoms with Crippen molar-refractivity contribution in [3.05, 3.63) is 47.5 Å². The first-order valence-electron chi connectivity index (χ1n) is 6.12. The Morgan fingerprint density at radius 2 is 2.00 bits per heavy atom. The number of carbonyl (C=O) groups is 1. The summed E-state index contributed by atoms with van der Waals surface area (Å²) in [5.41, 5.74) is 2.19. The molecule has 0 unspecified atom stereocenters. The highest BCUT2D eigenvalue weighted by atomic mass is 16.1. The predicted octanol–water partition coefficient (Wildman–Crippen LogP) is 4.10. The minimum absolute atomic E-state index is 0.113. The molecule has 1 aromatic rings. The zero-order valence-corrected chi connectivity index (χ0v) is 9.78. The third-order valence-corrected chi connectivity index (χ3v) is 3.28. The molecule has 0 amide bonds. The van der Waals surface area contributed by atoms with Gasteiger partial charge in [-0.2, -0.15) is 0 Å². The van der Waals surface area contributed by atoms with Gasteiger partial charge in [-0.05, 0) is 36.8 Å². The van der Waals surface area contributed by atoms with Gasteiger partial charge in [0.25, 0.3) is 0 Å². The summed E-state index contributed by atoms with van der Waals surface area (Å²) in [5, 5.41) is 0. The Balaban J connectivity index is 2.06. The Labute approximate surface area is 97.2 Å². The molecule has 2 rings (SSSR count). The normalized spacial score (nSPS) is 16.3. The monoisotopic (exact) mass is 214 g/mol. The second kappa shape index (κ2) is 5.11. The van der Waals surface area contributed by atoms with Crippen LogP contribution in [0.15, 0.2) is 36.4 Å². The van der Waals surface area contributed by atoms with Crippen molar-refractivity contribution in [2.45, 2.75) is 38.5 Å². The number of rotatable bonds is 4. The van der Waals surface area contributed by atoms with Crippen LogP contribution in [0, 0.1) is 0 Å². The van der Waals surface area contributed by atoms with Crippen LogP contribution in [0.1, 0.15) is 54.4 Å². The van der Waals surface area contributed by atoms with Gasteiger partial charge in [-0.3, -0.25) is 4.79 Å². The van der Waals surface area contributed by atoms with Gasteiger partial charge in [-0.25, -0.2) is 0 Å². The van der Waals surface area contributed by atoms with E-state index in [1.54, 1.807) is 6.08 Å². The average molecular weight is 214 g/mol. The highest BCUT2D eigenvalue weighted by Crippen LogP contribution is 2.36. The summed E-state index contributed by atoms with van der Waals surface area (Å²) >= 11 is 0. The van der Waals surface area contributed by atoms with E-state index in [0.29, 0.717) is 0 Å². The quantitative estimate of drug-likeness (QED) is 0.544. The summed E-state index contributed by atoms with van der Waals surface area (Å²) < 4.78 is 0. The molecule has 0 radical (unpaired) electrons. The molecule has 1 aromatic carbocycles. The maximum atomic E-state index is 11.7. The zero-order chi connectivity index (χ0) is 11.4. The van der Waals surface area contributed by atoms with Crippen molar-refractivity contribution in [1.29, 1.82) is 0 Å². The van der Waals surface area contributed by atoms with Gasteiger partial charge in [0.05, 0.1) is 0 Å². The SMILES string of the molecule is CC/C=C/C(=O)c1ccc(C2CCC2)cc1. The van der Waals surface area contributed by atoms with Crippen LogP contribution in [0.2, 0.25) is 0 Å². The second-order valence-electron chi connectivity index (χ2n) is 4.42. The van der Waals surface area contributed by atoms with E-state index in [9.17, 15) is 4.79 Å². The molecule has 0 heterocycles. The highest BCUT2D eigenvalue weighted by molar-refractivity contribution is 6.04. The molecule has 0 saturated heterocycles. The van der Waals surface area contributed by atoms with Crippen LogP contribution in [-0.2, 0) is 0 Å². The largest absolute Gasteiger partial charge is 0.289 e. The Kier molecular flexibility index (Phi) is 3.55. The van der Waals surface area contributed by atoms with E-state index in [1.165, 1.54) is 24.8 Å². The summed E-state index contributed by atoms with van der Waals surface area (Å²) in [7, 11) is 0. The van der Waals surface area contributed by atoms with Gasteiger partial charge in [0.2, 0.25) is 0 Å². The molecule has 1 heteroatoms. The first-order valence-corrected chi connectivity index (χ1v) is 6.12. The standard InChI is InChI=1S/C15H18O/c1-2-3-7-15(16)14-10-8-13(9-11-14)12-5-4-6-12/h3,7-12H,2,4-6H2,1H3/b7-3+. The van der Waals surface area contributed by atoms with E-state index in [-0.39, 0.29) is 5.78 Å². The van der Waals surface area contributed by atoms with Gasteiger partial charge in [-0.1, -0.05) is 43.7 Å². The van der Waals surface area contributed by atoms with Crippen LogP contribution < -0.4 is 0 Å². The molecular weight excluding hydrogens is 196 g/mol. The summed E-state index contributed by atoms with van der Waals surface area (Å²) in [6, 6.07) is 8.12. The van der Waals surface area contributed by atoms with Crippen molar-refractivity contribution in [2.24, 2.45) is 0 Å². The molecule has 16 heavy (non-hydrogen) atoms. The Bertz CT molecular complexity index is 382. The maximum absolute atomic E-state index is 11.7. The molecule has 0 bridgehead atoms. The molecular formula is C15H18O. The molecule has 1 aliphatic rings. The fraction of sp³-hybridized carbons (Fsp3) is 0.400. The predicted molar refractivity (Wildman–Crippen MR) is 66.8 cm³/mol. The van der Waals surface area contributed by atoms with Gasteiger partial charge in [0.1, 0.15) is 0 Å². The molecule has 1 aliphatic carbocycles. The van der Waals surface area contributed by atoms with Crippen molar-refractivity contribution in [3.8, 4) is 0 Å².